The van der Waals surface area contributed by atoms with E-state index in [2.05, 4.69) is 0 Å². The van der Waals surface area contributed by atoms with E-state index < -0.39 is 49.7 Å². The van der Waals surface area contributed by atoms with Crippen LogP contribution < -0.4 is 0 Å². The zero-order valence-corrected chi connectivity index (χ0v) is 23.0. The van der Waals surface area contributed by atoms with E-state index in [9.17, 15) is 25.3 Å². The van der Waals surface area contributed by atoms with Gasteiger partial charge in [0.15, 0.2) is 0 Å². The third-order valence-corrected chi connectivity index (χ3v) is 9.28. The van der Waals surface area contributed by atoms with Crippen LogP contribution in [0.3, 0.4) is 0 Å². The Kier molecular flexibility index (Phi) is 9.27. The maximum atomic E-state index is 12.8. The monoisotopic (exact) mass is 568 g/mol. The molecule has 0 spiro atoms. The topological polar surface area (TPSA) is 130 Å². The van der Waals surface area contributed by atoms with Crippen molar-refractivity contribution in [1.82, 2.24) is 0 Å². The molecule has 0 fully saturated rings. The minimum absolute atomic E-state index is 0.0685. The molecule has 0 amide bonds. The minimum Gasteiger partial charge on any atom is -0.266 e. The van der Waals surface area contributed by atoms with E-state index in [4.69, 9.17) is 12.5 Å². The standard InChI is InChI=1S/C25H28O9S3/c1-19-4-10-23(11-5-19)35(26,27)32-17-16-22(34-37(30,31)25-14-8-21(3)9-15-25)18-33-36(28,29)24-12-6-20(2)7-13-24/h4-15,22H,16-18H2,1-3H3/t22-/m0/s1. The molecule has 0 aromatic heterocycles. The molecule has 1 atom stereocenters. The van der Waals surface area contributed by atoms with Gasteiger partial charge < -0.3 is 0 Å². The summed E-state index contributed by atoms with van der Waals surface area (Å²) in [5.41, 5.74) is 2.54. The molecule has 200 valence electrons. The minimum atomic E-state index is -4.32. The molecule has 0 saturated carbocycles. The quantitative estimate of drug-likeness (QED) is 0.299. The van der Waals surface area contributed by atoms with Crippen molar-refractivity contribution in [3.8, 4) is 0 Å². The fourth-order valence-corrected chi connectivity index (χ4v) is 6.05. The second kappa shape index (κ2) is 11.8. The predicted molar refractivity (Wildman–Crippen MR) is 136 cm³/mol. The first-order valence-corrected chi connectivity index (χ1v) is 15.4. The maximum absolute atomic E-state index is 12.8. The van der Waals surface area contributed by atoms with Crippen LogP contribution in [0.1, 0.15) is 23.1 Å². The lowest BCUT2D eigenvalue weighted by Gasteiger charge is -2.18. The molecule has 0 unspecified atom stereocenters. The van der Waals surface area contributed by atoms with Crippen LogP contribution in [0, 0.1) is 20.8 Å². The van der Waals surface area contributed by atoms with Crippen LogP contribution in [0.2, 0.25) is 0 Å². The van der Waals surface area contributed by atoms with Gasteiger partial charge in [-0.15, -0.1) is 0 Å². The Bertz CT molecular complexity index is 1510. The molecule has 0 aliphatic heterocycles. The smallest absolute Gasteiger partial charge is 0.266 e. The number of hydrogen-bond donors (Lipinski definition) is 0. The SMILES string of the molecule is Cc1ccc(S(=O)(=O)OCC[C@@H](COS(=O)(=O)c2ccc(C)cc2)OS(=O)(=O)c2ccc(C)cc2)cc1. The number of aryl methyl sites for hydroxylation is 3. The molecule has 9 nitrogen and oxygen atoms in total. The van der Waals surface area contributed by atoms with Gasteiger partial charge in [0, 0.05) is 6.42 Å². The van der Waals surface area contributed by atoms with Crippen molar-refractivity contribution >= 4 is 30.4 Å². The molecule has 0 N–H and O–H groups in total. The molecule has 3 aromatic rings. The van der Waals surface area contributed by atoms with Crippen LogP contribution >= 0.6 is 0 Å². The van der Waals surface area contributed by atoms with Gasteiger partial charge in [-0.1, -0.05) is 53.1 Å². The Hall–Kier alpha value is -2.61. The highest BCUT2D eigenvalue weighted by Gasteiger charge is 2.26. The molecule has 0 aliphatic carbocycles. The van der Waals surface area contributed by atoms with Gasteiger partial charge >= 0.3 is 0 Å². The number of rotatable bonds is 12. The molecular weight excluding hydrogens is 540 g/mol. The summed E-state index contributed by atoms with van der Waals surface area (Å²) in [5.74, 6) is 0. The first kappa shape index (κ1) is 29.0. The first-order valence-electron chi connectivity index (χ1n) is 11.2. The largest absolute Gasteiger partial charge is 0.297 e. The average Bonchev–Trinajstić information content (AvgIpc) is 2.83. The van der Waals surface area contributed by atoms with Gasteiger partial charge in [-0.2, -0.15) is 25.3 Å². The predicted octanol–water partition coefficient (Wildman–Crippen LogP) is 3.89. The third-order valence-electron chi connectivity index (χ3n) is 5.28. The van der Waals surface area contributed by atoms with Gasteiger partial charge in [-0.05, 0) is 57.2 Å². The van der Waals surface area contributed by atoms with E-state index >= 15 is 0 Å². The molecule has 3 rings (SSSR count). The molecule has 37 heavy (non-hydrogen) atoms. The Morgan fingerprint density at radius 3 is 1.30 bits per heavy atom. The summed E-state index contributed by atoms with van der Waals surface area (Å²) in [4.78, 5) is -0.324. The fraction of sp³-hybridized carbons (Fsp3) is 0.280. The van der Waals surface area contributed by atoms with Crippen molar-refractivity contribution in [2.45, 2.75) is 48.0 Å². The van der Waals surface area contributed by atoms with Crippen LogP contribution in [0.25, 0.3) is 0 Å². The van der Waals surface area contributed by atoms with E-state index in [0.29, 0.717) is 0 Å². The van der Waals surface area contributed by atoms with Gasteiger partial charge in [-0.25, -0.2) is 0 Å². The van der Waals surface area contributed by atoms with Crippen molar-refractivity contribution in [1.29, 1.82) is 0 Å². The molecule has 0 saturated heterocycles. The molecule has 0 bridgehead atoms. The van der Waals surface area contributed by atoms with E-state index in [1.54, 1.807) is 57.2 Å². The molecular formula is C25H28O9S3. The van der Waals surface area contributed by atoms with Crippen molar-refractivity contribution in [2.75, 3.05) is 13.2 Å². The van der Waals surface area contributed by atoms with E-state index in [-0.39, 0.29) is 21.1 Å². The highest BCUT2D eigenvalue weighted by Crippen LogP contribution is 2.20. The Labute approximate surface area is 218 Å². The van der Waals surface area contributed by atoms with Gasteiger partial charge in [0.25, 0.3) is 30.4 Å². The van der Waals surface area contributed by atoms with Crippen molar-refractivity contribution in [3.05, 3.63) is 89.5 Å². The number of hydrogen-bond acceptors (Lipinski definition) is 9. The van der Waals surface area contributed by atoms with E-state index in [1.807, 2.05) is 0 Å². The van der Waals surface area contributed by atoms with Crippen LogP contribution in [0.5, 0.6) is 0 Å². The Morgan fingerprint density at radius 2 is 0.892 bits per heavy atom. The summed E-state index contributed by atoms with van der Waals surface area (Å²) in [6.07, 6.45) is -1.65. The Balaban J connectivity index is 1.75. The maximum Gasteiger partial charge on any atom is 0.297 e. The van der Waals surface area contributed by atoms with Gasteiger partial charge in [-0.3, -0.25) is 12.5 Å². The molecule has 3 aromatic carbocycles. The summed E-state index contributed by atoms with van der Waals surface area (Å²) in [6.45, 7) is 4.23. The summed E-state index contributed by atoms with van der Waals surface area (Å²) >= 11 is 0. The van der Waals surface area contributed by atoms with E-state index in [1.165, 1.54) is 36.4 Å². The van der Waals surface area contributed by atoms with Crippen LogP contribution in [0.4, 0.5) is 0 Å². The van der Waals surface area contributed by atoms with Crippen LogP contribution in [-0.2, 0) is 42.9 Å². The first-order chi connectivity index (χ1) is 17.3. The average molecular weight is 569 g/mol. The summed E-state index contributed by atoms with van der Waals surface area (Å²) < 4.78 is 91.2. The highest BCUT2D eigenvalue weighted by molar-refractivity contribution is 7.87. The van der Waals surface area contributed by atoms with Crippen LogP contribution in [-0.4, -0.2) is 44.6 Å². The van der Waals surface area contributed by atoms with Gasteiger partial charge in [0.05, 0.1) is 27.9 Å². The fourth-order valence-electron chi connectivity index (χ4n) is 3.10. The highest BCUT2D eigenvalue weighted by atomic mass is 32.2. The summed E-state index contributed by atoms with van der Waals surface area (Å²) in [6, 6.07) is 17.8. The lowest BCUT2D eigenvalue weighted by Crippen LogP contribution is -2.27. The molecule has 0 radical (unpaired) electrons. The summed E-state index contributed by atoms with van der Waals surface area (Å²) in [5, 5.41) is 0. The van der Waals surface area contributed by atoms with Gasteiger partial charge in [0.2, 0.25) is 0 Å². The zero-order chi connectivity index (χ0) is 27.3. The van der Waals surface area contributed by atoms with Crippen molar-refractivity contribution in [2.24, 2.45) is 0 Å². The second-order valence-electron chi connectivity index (χ2n) is 8.41. The second-order valence-corrected chi connectivity index (χ2v) is 13.2. The van der Waals surface area contributed by atoms with Crippen molar-refractivity contribution in [3.63, 3.8) is 0 Å². The van der Waals surface area contributed by atoms with Crippen LogP contribution in [0.15, 0.2) is 87.5 Å². The summed E-state index contributed by atoms with van der Waals surface area (Å²) in [7, 11) is -12.7. The van der Waals surface area contributed by atoms with Gasteiger partial charge in [0.1, 0.15) is 6.10 Å². The molecule has 0 heterocycles. The number of benzene rings is 3. The van der Waals surface area contributed by atoms with E-state index in [0.717, 1.165) is 16.7 Å². The third kappa shape index (κ3) is 8.19. The molecule has 12 heteroatoms. The zero-order valence-electron chi connectivity index (χ0n) is 20.5. The lowest BCUT2D eigenvalue weighted by molar-refractivity contribution is 0.114. The van der Waals surface area contributed by atoms with Crippen molar-refractivity contribution < 1.29 is 37.8 Å². The Morgan fingerprint density at radius 1 is 0.541 bits per heavy atom. The normalized spacial score (nSPS) is 13.4. The molecule has 0 aliphatic rings. The lowest BCUT2D eigenvalue weighted by atomic mass is 10.2.